The normalized spacial score (nSPS) is 13.2. The summed E-state index contributed by atoms with van der Waals surface area (Å²) in [5.41, 5.74) is 0.705. The van der Waals surface area contributed by atoms with E-state index >= 15 is 0 Å². The van der Waals surface area contributed by atoms with Gasteiger partial charge in [0.25, 0.3) is 0 Å². The number of rotatable bonds is 9. The van der Waals surface area contributed by atoms with E-state index in [4.69, 9.17) is 4.74 Å². The Morgan fingerprint density at radius 2 is 2.04 bits per heavy atom. The number of benzene rings is 1. The van der Waals surface area contributed by atoms with Crippen LogP contribution in [0.3, 0.4) is 0 Å². The minimum absolute atomic E-state index is 0.219. The molecule has 1 rings (SSSR count). The van der Waals surface area contributed by atoms with Crippen molar-refractivity contribution >= 4 is 5.96 Å². The summed E-state index contributed by atoms with van der Waals surface area (Å²) in [4.78, 5) is 4.45. The monoisotopic (exact) mass is 339 g/mol. The van der Waals surface area contributed by atoms with Gasteiger partial charge in [0.05, 0.1) is 12.6 Å². The maximum absolute atomic E-state index is 13.3. The molecule has 0 aromatic heterocycles. The first-order valence-electron chi connectivity index (χ1n) is 8.59. The van der Waals surface area contributed by atoms with Crippen molar-refractivity contribution in [2.75, 3.05) is 19.7 Å². The van der Waals surface area contributed by atoms with Crippen molar-refractivity contribution in [3.8, 4) is 5.75 Å². The number of phenolic OH excluding ortho intramolecular Hbond substituents is 1. The third-order valence-electron chi connectivity index (χ3n) is 3.62. The van der Waals surface area contributed by atoms with E-state index in [2.05, 4.69) is 29.5 Å². The Balaban J connectivity index is 2.57. The Hall–Kier alpha value is -1.82. The molecule has 3 N–H and O–H groups in total. The zero-order valence-corrected chi connectivity index (χ0v) is 15.1. The number of halogens is 1. The fourth-order valence-electron chi connectivity index (χ4n) is 2.32. The predicted octanol–water partition coefficient (Wildman–Crippen LogP) is 3.04. The molecule has 0 aliphatic carbocycles. The zero-order valence-electron chi connectivity index (χ0n) is 15.1. The SMILES string of the molecule is CCNC(=NCc1ccc(O)c(F)c1)NCCC(OCC)C(C)C. The van der Waals surface area contributed by atoms with Crippen molar-refractivity contribution < 1.29 is 14.2 Å². The molecule has 0 saturated heterocycles. The number of guanidine groups is 1. The molecule has 0 heterocycles. The molecule has 6 heteroatoms. The van der Waals surface area contributed by atoms with Crippen molar-refractivity contribution in [3.63, 3.8) is 0 Å². The highest BCUT2D eigenvalue weighted by atomic mass is 19.1. The molecule has 5 nitrogen and oxygen atoms in total. The van der Waals surface area contributed by atoms with E-state index in [0.717, 1.165) is 19.5 Å². The summed E-state index contributed by atoms with van der Waals surface area (Å²) < 4.78 is 19.1. The van der Waals surface area contributed by atoms with Gasteiger partial charge < -0.3 is 20.5 Å². The number of nitrogens with zero attached hydrogens (tertiary/aromatic N) is 1. The van der Waals surface area contributed by atoms with E-state index in [1.54, 1.807) is 6.07 Å². The fraction of sp³-hybridized carbons (Fsp3) is 0.611. The van der Waals surface area contributed by atoms with Crippen LogP contribution < -0.4 is 10.6 Å². The van der Waals surface area contributed by atoms with Crippen LogP contribution >= 0.6 is 0 Å². The molecule has 0 bridgehead atoms. The lowest BCUT2D eigenvalue weighted by Crippen LogP contribution is -2.39. The standard InChI is InChI=1S/C18H30FN3O2/c1-5-20-18(21-10-9-17(13(3)4)24-6-2)22-12-14-7-8-16(23)15(19)11-14/h7-8,11,13,17,23H,5-6,9-10,12H2,1-4H3,(H2,20,21,22). The van der Waals surface area contributed by atoms with Gasteiger partial charge in [-0.25, -0.2) is 9.38 Å². The largest absolute Gasteiger partial charge is 0.505 e. The highest BCUT2D eigenvalue weighted by Crippen LogP contribution is 2.16. The highest BCUT2D eigenvalue weighted by molar-refractivity contribution is 5.79. The molecule has 0 radical (unpaired) electrons. The van der Waals surface area contributed by atoms with Crippen LogP contribution in [0.2, 0.25) is 0 Å². The summed E-state index contributed by atoms with van der Waals surface area (Å²) in [6.45, 7) is 10.8. The second-order valence-electron chi connectivity index (χ2n) is 5.93. The van der Waals surface area contributed by atoms with Crippen LogP contribution in [0.25, 0.3) is 0 Å². The van der Waals surface area contributed by atoms with E-state index in [1.165, 1.54) is 12.1 Å². The third kappa shape index (κ3) is 7.17. The van der Waals surface area contributed by atoms with Crippen LogP contribution in [0.5, 0.6) is 5.75 Å². The maximum Gasteiger partial charge on any atom is 0.191 e. The second kappa shape index (κ2) is 10.9. The van der Waals surface area contributed by atoms with Crippen LogP contribution in [-0.2, 0) is 11.3 Å². The van der Waals surface area contributed by atoms with Crippen molar-refractivity contribution in [3.05, 3.63) is 29.6 Å². The predicted molar refractivity (Wildman–Crippen MR) is 95.8 cm³/mol. The lowest BCUT2D eigenvalue weighted by molar-refractivity contribution is 0.0258. The molecule has 1 aromatic carbocycles. The van der Waals surface area contributed by atoms with E-state index in [1.807, 2.05) is 13.8 Å². The van der Waals surface area contributed by atoms with Gasteiger partial charge in [-0.15, -0.1) is 0 Å². The molecular weight excluding hydrogens is 309 g/mol. The molecule has 1 unspecified atom stereocenters. The second-order valence-corrected chi connectivity index (χ2v) is 5.93. The number of hydrogen-bond acceptors (Lipinski definition) is 3. The molecule has 0 aliphatic heterocycles. The van der Waals surface area contributed by atoms with Crippen molar-refractivity contribution in [2.45, 2.75) is 46.8 Å². The topological polar surface area (TPSA) is 65.9 Å². The Morgan fingerprint density at radius 3 is 2.62 bits per heavy atom. The Morgan fingerprint density at radius 1 is 1.29 bits per heavy atom. The summed E-state index contributed by atoms with van der Waals surface area (Å²) >= 11 is 0. The number of aromatic hydroxyl groups is 1. The van der Waals surface area contributed by atoms with Gasteiger partial charge in [-0.2, -0.15) is 0 Å². The first-order chi connectivity index (χ1) is 11.5. The Kier molecular flexibility index (Phi) is 9.15. The molecule has 1 aromatic rings. The van der Waals surface area contributed by atoms with Crippen molar-refractivity contribution in [2.24, 2.45) is 10.9 Å². The van der Waals surface area contributed by atoms with Gasteiger partial charge in [-0.05, 0) is 43.9 Å². The minimum atomic E-state index is -0.628. The van der Waals surface area contributed by atoms with Crippen LogP contribution in [0, 0.1) is 11.7 Å². The molecule has 24 heavy (non-hydrogen) atoms. The number of ether oxygens (including phenoxy) is 1. The number of phenols is 1. The van der Waals surface area contributed by atoms with Crippen molar-refractivity contribution in [1.29, 1.82) is 0 Å². The van der Waals surface area contributed by atoms with Gasteiger partial charge >= 0.3 is 0 Å². The molecule has 1 atom stereocenters. The zero-order chi connectivity index (χ0) is 17.9. The molecule has 0 saturated carbocycles. The van der Waals surface area contributed by atoms with Crippen LogP contribution in [0.1, 0.15) is 39.7 Å². The molecule has 0 fully saturated rings. The maximum atomic E-state index is 13.3. The lowest BCUT2D eigenvalue weighted by atomic mass is 10.0. The van der Waals surface area contributed by atoms with Gasteiger partial charge in [0.1, 0.15) is 0 Å². The molecule has 136 valence electrons. The van der Waals surface area contributed by atoms with E-state index in [0.29, 0.717) is 30.6 Å². The van der Waals surface area contributed by atoms with Gasteiger partial charge in [0.15, 0.2) is 17.5 Å². The lowest BCUT2D eigenvalue weighted by Gasteiger charge is -2.21. The van der Waals surface area contributed by atoms with E-state index in [-0.39, 0.29) is 11.9 Å². The van der Waals surface area contributed by atoms with Gasteiger partial charge in [0.2, 0.25) is 0 Å². The highest BCUT2D eigenvalue weighted by Gasteiger charge is 2.13. The average molecular weight is 339 g/mol. The van der Waals surface area contributed by atoms with Gasteiger partial charge in [-0.3, -0.25) is 0 Å². The van der Waals surface area contributed by atoms with Crippen LogP contribution in [0.4, 0.5) is 4.39 Å². The molecule has 0 spiro atoms. The summed E-state index contributed by atoms with van der Waals surface area (Å²) in [6.07, 6.45) is 1.11. The number of nitrogens with one attached hydrogen (secondary N) is 2. The number of aliphatic imine (C=N–C) groups is 1. The third-order valence-corrected chi connectivity index (χ3v) is 3.62. The molecular formula is C18H30FN3O2. The minimum Gasteiger partial charge on any atom is -0.505 e. The van der Waals surface area contributed by atoms with Crippen molar-refractivity contribution in [1.82, 2.24) is 10.6 Å². The summed E-state index contributed by atoms with van der Waals surface area (Å²) in [7, 11) is 0. The van der Waals surface area contributed by atoms with Crippen LogP contribution in [0.15, 0.2) is 23.2 Å². The van der Waals surface area contributed by atoms with E-state index < -0.39 is 5.82 Å². The van der Waals surface area contributed by atoms with Gasteiger partial charge in [-0.1, -0.05) is 19.9 Å². The molecule has 0 amide bonds. The summed E-state index contributed by atoms with van der Waals surface area (Å²) in [5, 5.41) is 15.7. The van der Waals surface area contributed by atoms with E-state index in [9.17, 15) is 9.50 Å². The average Bonchev–Trinajstić information content (AvgIpc) is 2.54. The van der Waals surface area contributed by atoms with Crippen LogP contribution in [-0.4, -0.2) is 36.9 Å². The number of hydrogen-bond donors (Lipinski definition) is 3. The Labute approximate surface area is 144 Å². The fourth-order valence-corrected chi connectivity index (χ4v) is 2.32. The summed E-state index contributed by atoms with van der Waals surface area (Å²) in [5.74, 6) is 0.178. The van der Waals surface area contributed by atoms with Gasteiger partial charge in [0, 0.05) is 19.7 Å². The first kappa shape index (κ1) is 20.2. The smallest absolute Gasteiger partial charge is 0.191 e. The summed E-state index contributed by atoms with van der Waals surface area (Å²) in [6, 6.07) is 4.30. The molecule has 0 aliphatic rings. The quantitative estimate of drug-likeness (QED) is 0.478. The first-order valence-corrected chi connectivity index (χ1v) is 8.59. The Bertz CT molecular complexity index is 521.